The van der Waals surface area contributed by atoms with E-state index in [1.807, 2.05) is 0 Å². The van der Waals surface area contributed by atoms with E-state index in [-0.39, 0.29) is 5.54 Å². The minimum atomic E-state index is 0.0720. The van der Waals surface area contributed by atoms with Gasteiger partial charge in [0, 0.05) is 5.54 Å². The molecule has 0 saturated heterocycles. The Morgan fingerprint density at radius 3 is 2.38 bits per heavy atom. The SMILES string of the molecule is CCC(CO)(NCC1CC1)C1CC1. The van der Waals surface area contributed by atoms with Crippen molar-refractivity contribution in [3.63, 3.8) is 0 Å². The summed E-state index contributed by atoms with van der Waals surface area (Å²) in [6, 6.07) is 0. The fourth-order valence-corrected chi connectivity index (χ4v) is 2.16. The molecule has 2 nitrogen and oxygen atoms in total. The Bertz CT molecular complexity index is 169. The highest BCUT2D eigenvalue weighted by Crippen LogP contribution is 2.42. The maximum absolute atomic E-state index is 9.46. The molecule has 0 bridgehead atoms. The molecule has 2 aliphatic rings. The van der Waals surface area contributed by atoms with Crippen molar-refractivity contribution in [3.8, 4) is 0 Å². The molecule has 76 valence electrons. The van der Waals surface area contributed by atoms with Crippen molar-refractivity contribution in [2.75, 3.05) is 13.2 Å². The lowest BCUT2D eigenvalue weighted by Crippen LogP contribution is -2.50. The summed E-state index contributed by atoms with van der Waals surface area (Å²) < 4.78 is 0. The summed E-state index contributed by atoms with van der Waals surface area (Å²) >= 11 is 0. The first-order chi connectivity index (χ1) is 6.30. The third-order valence-corrected chi connectivity index (χ3v) is 3.71. The molecule has 0 aliphatic heterocycles. The molecule has 13 heavy (non-hydrogen) atoms. The maximum atomic E-state index is 9.46. The number of rotatable bonds is 6. The lowest BCUT2D eigenvalue weighted by Gasteiger charge is -2.32. The lowest BCUT2D eigenvalue weighted by atomic mass is 9.91. The van der Waals surface area contributed by atoms with Gasteiger partial charge < -0.3 is 10.4 Å². The van der Waals surface area contributed by atoms with Gasteiger partial charge in [-0.25, -0.2) is 0 Å². The second-order valence-electron chi connectivity index (χ2n) is 4.77. The van der Waals surface area contributed by atoms with E-state index >= 15 is 0 Å². The lowest BCUT2D eigenvalue weighted by molar-refractivity contribution is 0.134. The zero-order valence-electron chi connectivity index (χ0n) is 8.55. The van der Waals surface area contributed by atoms with Gasteiger partial charge in [0.1, 0.15) is 0 Å². The smallest absolute Gasteiger partial charge is 0.0615 e. The van der Waals surface area contributed by atoms with Gasteiger partial charge in [-0.05, 0) is 50.5 Å². The molecule has 0 radical (unpaired) electrons. The van der Waals surface area contributed by atoms with Crippen LogP contribution < -0.4 is 5.32 Å². The van der Waals surface area contributed by atoms with Gasteiger partial charge >= 0.3 is 0 Å². The first-order valence-electron chi connectivity index (χ1n) is 5.66. The van der Waals surface area contributed by atoms with Gasteiger partial charge in [0.25, 0.3) is 0 Å². The fourth-order valence-electron chi connectivity index (χ4n) is 2.16. The molecule has 2 N–H and O–H groups in total. The number of hydrogen-bond acceptors (Lipinski definition) is 2. The standard InChI is InChI=1S/C11H21NO/c1-2-11(8-13,10-5-6-10)12-7-9-3-4-9/h9-10,12-13H,2-8H2,1H3. The predicted molar refractivity (Wildman–Crippen MR) is 53.6 cm³/mol. The Balaban J connectivity index is 1.85. The molecule has 2 fully saturated rings. The van der Waals surface area contributed by atoms with Crippen molar-refractivity contribution in [1.82, 2.24) is 5.32 Å². The fraction of sp³-hybridized carbons (Fsp3) is 1.00. The van der Waals surface area contributed by atoms with Gasteiger partial charge in [-0.1, -0.05) is 6.92 Å². The molecule has 0 aromatic carbocycles. The second kappa shape index (κ2) is 3.58. The van der Waals surface area contributed by atoms with Crippen LogP contribution in [0, 0.1) is 11.8 Å². The molecule has 1 atom stereocenters. The molecule has 1 unspecified atom stereocenters. The first-order valence-corrected chi connectivity index (χ1v) is 5.66. The third kappa shape index (κ3) is 2.05. The van der Waals surface area contributed by atoms with E-state index in [2.05, 4.69) is 12.2 Å². The minimum Gasteiger partial charge on any atom is -0.394 e. The highest BCUT2D eigenvalue weighted by atomic mass is 16.3. The summed E-state index contributed by atoms with van der Waals surface area (Å²) in [6.45, 7) is 3.64. The van der Waals surface area contributed by atoms with Crippen LogP contribution in [0.2, 0.25) is 0 Å². The quantitative estimate of drug-likeness (QED) is 0.654. The van der Waals surface area contributed by atoms with Gasteiger partial charge in [-0.3, -0.25) is 0 Å². The molecule has 2 rings (SSSR count). The first kappa shape index (κ1) is 9.47. The number of hydrogen-bond donors (Lipinski definition) is 2. The zero-order valence-corrected chi connectivity index (χ0v) is 8.55. The second-order valence-corrected chi connectivity index (χ2v) is 4.77. The van der Waals surface area contributed by atoms with Crippen LogP contribution in [0.3, 0.4) is 0 Å². The Labute approximate surface area is 80.7 Å². The van der Waals surface area contributed by atoms with E-state index in [4.69, 9.17) is 0 Å². The van der Waals surface area contributed by atoms with Crippen molar-refractivity contribution in [3.05, 3.63) is 0 Å². The summed E-state index contributed by atoms with van der Waals surface area (Å²) in [5.41, 5.74) is 0.0720. The van der Waals surface area contributed by atoms with Crippen LogP contribution in [0.1, 0.15) is 39.0 Å². The summed E-state index contributed by atoms with van der Waals surface area (Å²) in [5, 5.41) is 13.1. The summed E-state index contributed by atoms with van der Waals surface area (Å²) in [6.07, 6.45) is 6.48. The van der Waals surface area contributed by atoms with Gasteiger partial charge in [0.15, 0.2) is 0 Å². The van der Waals surface area contributed by atoms with E-state index in [9.17, 15) is 5.11 Å². The van der Waals surface area contributed by atoms with Crippen molar-refractivity contribution in [2.24, 2.45) is 11.8 Å². The predicted octanol–water partition coefficient (Wildman–Crippen LogP) is 1.54. The Morgan fingerprint density at radius 1 is 1.31 bits per heavy atom. The van der Waals surface area contributed by atoms with Crippen LogP contribution in [0.25, 0.3) is 0 Å². The highest BCUT2D eigenvalue weighted by Gasteiger charge is 2.43. The van der Waals surface area contributed by atoms with Crippen molar-refractivity contribution >= 4 is 0 Å². The minimum absolute atomic E-state index is 0.0720. The topological polar surface area (TPSA) is 32.3 Å². The van der Waals surface area contributed by atoms with Gasteiger partial charge in [-0.2, -0.15) is 0 Å². The summed E-state index contributed by atoms with van der Waals surface area (Å²) in [5.74, 6) is 1.66. The maximum Gasteiger partial charge on any atom is 0.0615 e. The van der Waals surface area contributed by atoms with Crippen LogP contribution in [-0.4, -0.2) is 23.8 Å². The molecular weight excluding hydrogens is 162 g/mol. The average molecular weight is 183 g/mol. The molecule has 2 saturated carbocycles. The molecule has 2 aliphatic carbocycles. The number of nitrogens with one attached hydrogen (secondary N) is 1. The summed E-state index contributed by atoms with van der Waals surface area (Å²) in [7, 11) is 0. The monoisotopic (exact) mass is 183 g/mol. The van der Waals surface area contributed by atoms with Crippen molar-refractivity contribution in [2.45, 2.75) is 44.6 Å². The largest absolute Gasteiger partial charge is 0.394 e. The number of aliphatic hydroxyl groups excluding tert-OH is 1. The molecule has 0 heterocycles. The van der Waals surface area contributed by atoms with Gasteiger partial charge in [0.05, 0.1) is 6.61 Å². The van der Waals surface area contributed by atoms with E-state index in [0.717, 1.165) is 24.8 Å². The van der Waals surface area contributed by atoms with E-state index in [1.165, 1.54) is 25.7 Å². The Morgan fingerprint density at radius 2 is 2.00 bits per heavy atom. The molecule has 2 heteroatoms. The molecule has 0 spiro atoms. The Hall–Kier alpha value is -0.0800. The van der Waals surface area contributed by atoms with Crippen LogP contribution in [0.5, 0.6) is 0 Å². The van der Waals surface area contributed by atoms with Crippen LogP contribution in [-0.2, 0) is 0 Å². The van der Waals surface area contributed by atoms with Crippen LogP contribution in [0.4, 0.5) is 0 Å². The van der Waals surface area contributed by atoms with Gasteiger partial charge in [0.2, 0.25) is 0 Å². The van der Waals surface area contributed by atoms with Crippen LogP contribution in [0.15, 0.2) is 0 Å². The third-order valence-electron chi connectivity index (χ3n) is 3.71. The highest BCUT2D eigenvalue weighted by molar-refractivity contribution is 5.00. The average Bonchev–Trinajstić information content (AvgIpc) is 3.02. The van der Waals surface area contributed by atoms with E-state index in [0.29, 0.717) is 6.61 Å². The molecule has 0 aromatic heterocycles. The molecule has 0 amide bonds. The Kier molecular flexibility index (Phi) is 2.61. The summed E-state index contributed by atoms with van der Waals surface area (Å²) in [4.78, 5) is 0. The normalized spacial score (nSPS) is 27.2. The van der Waals surface area contributed by atoms with E-state index < -0.39 is 0 Å². The number of aliphatic hydroxyl groups is 1. The zero-order chi connectivity index (χ0) is 9.31. The molecular formula is C11H21NO. The molecule has 0 aromatic rings. The van der Waals surface area contributed by atoms with Crippen molar-refractivity contribution < 1.29 is 5.11 Å². The van der Waals surface area contributed by atoms with E-state index in [1.54, 1.807) is 0 Å². The van der Waals surface area contributed by atoms with Gasteiger partial charge in [-0.15, -0.1) is 0 Å². The van der Waals surface area contributed by atoms with Crippen molar-refractivity contribution in [1.29, 1.82) is 0 Å². The van der Waals surface area contributed by atoms with Crippen LogP contribution >= 0.6 is 0 Å².